The first-order valence-corrected chi connectivity index (χ1v) is 11.6. The average Bonchev–Trinajstić information content (AvgIpc) is 2.94. The van der Waals surface area contributed by atoms with E-state index in [1.54, 1.807) is 24.5 Å². The Labute approximate surface area is 203 Å². The van der Waals surface area contributed by atoms with Gasteiger partial charge in [0.15, 0.2) is 0 Å². The molecular formula is C24H28N8O3. The number of aromatic nitrogens is 4. The number of carbonyl (C=O) groups excluding carboxylic acids is 1. The van der Waals surface area contributed by atoms with Crippen molar-refractivity contribution in [2.45, 2.75) is 0 Å². The van der Waals surface area contributed by atoms with Gasteiger partial charge in [0.25, 0.3) is 5.91 Å². The molecule has 1 aromatic carbocycles. The number of amides is 1. The van der Waals surface area contributed by atoms with Crippen LogP contribution < -0.4 is 19.9 Å². The molecule has 11 heteroatoms. The van der Waals surface area contributed by atoms with Crippen molar-refractivity contribution in [3.05, 3.63) is 54.4 Å². The minimum atomic E-state index is 0.00293. The van der Waals surface area contributed by atoms with Gasteiger partial charge in [-0.15, -0.1) is 0 Å². The lowest BCUT2D eigenvalue weighted by Crippen LogP contribution is -2.49. The van der Waals surface area contributed by atoms with Crippen LogP contribution in [0.25, 0.3) is 0 Å². The molecule has 0 saturated carbocycles. The average molecular weight is 477 g/mol. The Morgan fingerprint density at radius 1 is 0.886 bits per heavy atom. The SMILES string of the molecule is COc1nc(Nc2ccc(N3CCOCC3)cc2)nc(N2CCN(C(=O)c3ccncc3)CC2)n1. The summed E-state index contributed by atoms with van der Waals surface area (Å²) in [6.07, 6.45) is 3.26. The molecule has 1 N–H and O–H groups in total. The van der Waals surface area contributed by atoms with Crippen molar-refractivity contribution in [1.82, 2.24) is 24.8 Å². The number of carbonyl (C=O) groups is 1. The summed E-state index contributed by atoms with van der Waals surface area (Å²) < 4.78 is 10.8. The summed E-state index contributed by atoms with van der Waals surface area (Å²) >= 11 is 0. The number of hydrogen-bond acceptors (Lipinski definition) is 10. The first-order chi connectivity index (χ1) is 17.2. The van der Waals surface area contributed by atoms with Gasteiger partial charge in [0.05, 0.1) is 20.3 Å². The predicted molar refractivity (Wildman–Crippen MR) is 131 cm³/mol. The van der Waals surface area contributed by atoms with E-state index in [1.165, 1.54) is 7.11 Å². The highest BCUT2D eigenvalue weighted by Crippen LogP contribution is 2.23. The molecule has 2 saturated heterocycles. The smallest absolute Gasteiger partial charge is 0.322 e. The number of methoxy groups -OCH3 is 1. The van der Waals surface area contributed by atoms with Crippen LogP contribution in [0.15, 0.2) is 48.8 Å². The molecule has 0 unspecified atom stereocenters. The Bertz CT molecular complexity index is 1130. The second kappa shape index (κ2) is 10.5. The Morgan fingerprint density at radius 2 is 1.60 bits per heavy atom. The molecule has 182 valence electrons. The van der Waals surface area contributed by atoms with Gasteiger partial charge in [-0.2, -0.15) is 15.0 Å². The third kappa shape index (κ3) is 5.40. The number of anilines is 4. The van der Waals surface area contributed by atoms with Crippen molar-refractivity contribution >= 4 is 29.2 Å². The van der Waals surface area contributed by atoms with Crippen LogP contribution in [0.3, 0.4) is 0 Å². The largest absolute Gasteiger partial charge is 0.467 e. The van der Waals surface area contributed by atoms with Gasteiger partial charge in [-0.1, -0.05) is 0 Å². The molecule has 2 fully saturated rings. The molecule has 0 radical (unpaired) electrons. The number of nitrogens with zero attached hydrogens (tertiary/aromatic N) is 7. The maximum Gasteiger partial charge on any atom is 0.322 e. The maximum atomic E-state index is 12.7. The standard InChI is InChI=1S/C24H28N8O3/c1-34-24-28-22(26-19-2-4-20(5-3-19)30-14-16-35-17-15-30)27-23(29-24)32-12-10-31(11-13-32)21(33)18-6-8-25-9-7-18/h2-9H,10-17H2,1H3,(H,26,27,28,29). The minimum absolute atomic E-state index is 0.00293. The van der Waals surface area contributed by atoms with Crippen LogP contribution in [0.5, 0.6) is 6.01 Å². The van der Waals surface area contributed by atoms with E-state index in [0.717, 1.165) is 37.7 Å². The molecule has 2 aliphatic rings. The molecule has 0 atom stereocenters. The van der Waals surface area contributed by atoms with E-state index in [1.807, 2.05) is 21.9 Å². The van der Waals surface area contributed by atoms with Crippen molar-refractivity contribution in [2.75, 3.05) is 74.7 Å². The number of rotatable bonds is 6. The zero-order valence-electron chi connectivity index (χ0n) is 19.6. The molecule has 5 rings (SSSR count). The lowest BCUT2D eigenvalue weighted by molar-refractivity contribution is 0.0746. The first-order valence-electron chi connectivity index (χ1n) is 11.6. The molecule has 0 spiro atoms. The van der Waals surface area contributed by atoms with Crippen molar-refractivity contribution in [3.63, 3.8) is 0 Å². The Hall–Kier alpha value is -3.99. The summed E-state index contributed by atoms with van der Waals surface area (Å²) in [6, 6.07) is 11.9. The zero-order chi connectivity index (χ0) is 24.0. The molecule has 0 aliphatic carbocycles. The van der Waals surface area contributed by atoms with Crippen LogP contribution in [0, 0.1) is 0 Å². The van der Waals surface area contributed by atoms with Crippen LogP contribution in [-0.2, 0) is 4.74 Å². The first kappa shape index (κ1) is 22.8. The highest BCUT2D eigenvalue weighted by molar-refractivity contribution is 5.94. The van der Waals surface area contributed by atoms with E-state index >= 15 is 0 Å². The number of nitrogens with one attached hydrogen (secondary N) is 1. The molecule has 1 amide bonds. The van der Waals surface area contributed by atoms with Crippen molar-refractivity contribution in [1.29, 1.82) is 0 Å². The molecule has 4 heterocycles. The van der Waals surface area contributed by atoms with Gasteiger partial charge in [0.1, 0.15) is 0 Å². The van der Waals surface area contributed by atoms with Crippen LogP contribution in [0.2, 0.25) is 0 Å². The highest BCUT2D eigenvalue weighted by atomic mass is 16.5. The fourth-order valence-corrected chi connectivity index (χ4v) is 4.13. The van der Waals surface area contributed by atoms with E-state index in [-0.39, 0.29) is 11.9 Å². The number of pyridine rings is 1. The second-order valence-electron chi connectivity index (χ2n) is 8.23. The quantitative estimate of drug-likeness (QED) is 0.566. The van der Waals surface area contributed by atoms with Crippen molar-refractivity contribution < 1.29 is 14.3 Å². The van der Waals surface area contributed by atoms with Gasteiger partial charge in [-0.25, -0.2) is 0 Å². The Morgan fingerprint density at radius 3 is 2.29 bits per heavy atom. The van der Waals surface area contributed by atoms with Crippen LogP contribution >= 0.6 is 0 Å². The predicted octanol–water partition coefficient (Wildman–Crippen LogP) is 1.82. The van der Waals surface area contributed by atoms with Crippen LogP contribution in [-0.4, -0.2) is 90.3 Å². The molecule has 0 bridgehead atoms. The lowest BCUT2D eigenvalue weighted by atomic mass is 10.2. The van der Waals surface area contributed by atoms with Crippen molar-refractivity contribution in [2.24, 2.45) is 0 Å². The number of morpholine rings is 1. The van der Waals surface area contributed by atoms with E-state index in [4.69, 9.17) is 9.47 Å². The van der Waals surface area contributed by atoms with Crippen LogP contribution in [0.4, 0.5) is 23.3 Å². The molecule has 35 heavy (non-hydrogen) atoms. The summed E-state index contributed by atoms with van der Waals surface area (Å²) in [5.41, 5.74) is 2.67. The number of piperazine rings is 1. The fourth-order valence-electron chi connectivity index (χ4n) is 4.13. The van der Waals surface area contributed by atoms with Crippen LogP contribution in [0.1, 0.15) is 10.4 Å². The normalized spacial score (nSPS) is 16.2. The van der Waals surface area contributed by atoms with Gasteiger partial charge in [-0.3, -0.25) is 9.78 Å². The van der Waals surface area contributed by atoms with Gasteiger partial charge in [-0.05, 0) is 36.4 Å². The lowest BCUT2D eigenvalue weighted by Gasteiger charge is -2.34. The van der Waals surface area contributed by atoms with Gasteiger partial charge < -0.3 is 29.5 Å². The van der Waals surface area contributed by atoms with Gasteiger partial charge in [0.2, 0.25) is 11.9 Å². The topological polar surface area (TPSA) is 109 Å². The van der Waals surface area contributed by atoms with E-state index in [9.17, 15) is 4.79 Å². The summed E-state index contributed by atoms with van der Waals surface area (Å²) in [5, 5.41) is 3.25. The Balaban J connectivity index is 1.25. The summed E-state index contributed by atoms with van der Waals surface area (Å²) in [5.74, 6) is 0.921. The molecule has 3 aromatic rings. The third-order valence-electron chi connectivity index (χ3n) is 6.06. The number of benzene rings is 1. The van der Waals surface area contributed by atoms with Crippen molar-refractivity contribution in [3.8, 4) is 6.01 Å². The zero-order valence-corrected chi connectivity index (χ0v) is 19.6. The monoisotopic (exact) mass is 476 g/mol. The molecule has 2 aliphatic heterocycles. The van der Waals surface area contributed by atoms with E-state index in [0.29, 0.717) is 43.6 Å². The van der Waals surface area contributed by atoms with E-state index < -0.39 is 0 Å². The highest BCUT2D eigenvalue weighted by Gasteiger charge is 2.24. The molecule has 2 aromatic heterocycles. The molecule has 11 nitrogen and oxygen atoms in total. The molecular weight excluding hydrogens is 448 g/mol. The number of hydrogen-bond donors (Lipinski definition) is 1. The second-order valence-corrected chi connectivity index (χ2v) is 8.23. The third-order valence-corrected chi connectivity index (χ3v) is 6.06. The maximum absolute atomic E-state index is 12.7. The minimum Gasteiger partial charge on any atom is -0.467 e. The summed E-state index contributed by atoms with van der Waals surface area (Å²) in [7, 11) is 1.53. The van der Waals surface area contributed by atoms with Gasteiger partial charge >= 0.3 is 6.01 Å². The summed E-state index contributed by atoms with van der Waals surface area (Å²) in [4.78, 5) is 36.3. The Kier molecular flexibility index (Phi) is 6.85. The summed E-state index contributed by atoms with van der Waals surface area (Å²) in [6.45, 7) is 5.64. The fraction of sp³-hybridized carbons (Fsp3) is 0.375. The van der Waals surface area contributed by atoms with Gasteiger partial charge in [0, 0.05) is 68.6 Å². The van der Waals surface area contributed by atoms with E-state index in [2.05, 4.69) is 42.3 Å². The number of ether oxygens (including phenoxy) is 2.